The van der Waals surface area contributed by atoms with Gasteiger partial charge in [-0.1, -0.05) is 27.5 Å². The van der Waals surface area contributed by atoms with Gasteiger partial charge in [0, 0.05) is 23.0 Å². The second kappa shape index (κ2) is 4.63. The highest BCUT2D eigenvalue weighted by atomic mass is 79.9. The zero-order valence-electron chi connectivity index (χ0n) is 7.10. The maximum absolute atomic E-state index is 11.2. The van der Waals surface area contributed by atoms with E-state index >= 15 is 0 Å². The summed E-state index contributed by atoms with van der Waals surface area (Å²) < 4.78 is 0. The molecule has 1 rings (SSSR count). The molecule has 0 unspecified atom stereocenters. The number of alkyl halides is 1. The minimum Gasteiger partial charge on any atom is -0.355 e. The third kappa shape index (κ3) is 2.71. The van der Waals surface area contributed by atoms with Crippen molar-refractivity contribution < 1.29 is 4.79 Å². The Morgan fingerprint density at radius 2 is 2.23 bits per heavy atom. The second-order valence-electron chi connectivity index (χ2n) is 2.56. The Labute approximate surface area is 90.4 Å². The summed E-state index contributed by atoms with van der Waals surface area (Å²) in [6.45, 7) is 0. The van der Waals surface area contributed by atoms with Crippen LogP contribution in [0.3, 0.4) is 0 Å². The lowest BCUT2D eigenvalue weighted by molar-refractivity contribution is 0.0963. The van der Waals surface area contributed by atoms with E-state index in [1.165, 1.54) is 0 Å². The van der Waals surface area contributed by atoms with Crippen molar-refractivity contribution in [1.29, 1.82) is 0 Å². The maximum Gasteiger partial charge on any atom is 0.251 e. The molecular formula is C9H9BrClNO. The van der Waals surface area contributed by atoms with Gasteiger partial charge in [-0.25, -0.2) is 0 Å². The van der Waals surface area contributed by atoms with Crippen molar-refractivity contribution in [1.82, 2.24) is 5.32 Å². The molecule has 0 atom stereocenters. The average molecular weight is 263 g/mol. The van der Waals surface area contributed by atoms with Gasteiger partial charge in [-0.3, -0.25) is 4.79 Å². The van der Waals surface area contributed by atoms with E-state index in [-0.39, 0.29) is 5.91 Å². The lowest BCUT2D eigenvalue weighted by Crippen LogP contribution is -2.17. The summed E-state index contributed by atoms with van der Waals surface area (Å²) >= 11 is 9.14. The Bertz CT molecular complexity index is 327. The number of hydrogen-bond acceptors (Lipinski definition) is 1. The molecule has 0 radical (unpaired) electrons. The third-order valence-electron chi connectivity index (χ3n) is 1.60. The highest BCUT2D eigenvalue weighted by molar-refractivity contribution is 9.08. The summed E-state index contributed by atoms with van der Waals surface area (Å²) in [6, 6.07) is 5.27. The van der Waals surface area contributed by atoms with Crippen LogP contribution in [0.25, 0.3) is 0 Å². The van der Waals surface area contributed by atoms with Crippen LogP contribution in [0.5, 0.6) is 0 Å². The van der Waals surface area contributed by atoms with Crippen LogP contribution in [0.1, 0.15) is 15.9 Å². The van der Waals surface area contributed by atoms with E-state index < -0.39 is 0 Å². The Morgan fingerprint density at radius 1 is 1.54 bits per heavy atom. The Morgan fingerprint density at radius 3 is 2.77 bits per heavy atom. The third-order valence-corrected chi connectivity index (χ3v) is 2.47. The summed E-state index contributed by atoms with van der Waals surface area (Å²) in [5, 5.41) is 3.82. The molecule has 1 aromatic carbocycles. The number of carbonyl (C=O) groups is 1. The van der Waals surface area contributed by atoms with Crippen molar-refractivity contribution in [3.05, 3.63) is 34.3 Å². The van der Waals surface area contributed by atoms with E-state index in [9.17, 15) is 4.79 Å². The predicted molar refractivity (Wildman–Crippen MR) is 57.5 cm³/mol. The van der Waals surface area contributed by atoms with Crippen molar-refractivity contribution in [2.24, 2.45) is 0 Å². The molecule has 70 valence electrons. The Hall–Kier alpha value is -0.540. The van der Waals surface area contributed by atoms with Gasteiger partial charge in [-0.2, -0.15) is 0 Å². The van der Waals surface area contributed by atoms with E-state index in [0.717, 1.165) is 5.56 Å². The molecule has 0 aliphatic heterocycles. The molecule has 4 heteroatoms. The van der Waals surface area contributed by atoms with Crippen LogP contribution in [0.4, 0.5) is 0 Å². The molecule has 2 nitrogen and oxygen atoms in total. The van der Waals surface area contributed by atoms with Gasteiger partial charge in [0.05, 0.1) is 0 Å². The zero-order chi connectivity index (χ0) is 9.84. The molecule has 0 aromatic heterocycles. The minimum atomic E-state index is -0.121. The van der Waals surface area contributed by atoms with Gasteiger partial charge in [-0.05, 0) is 23.8 Å². The topological polar surface area (TPSA) is 29.1 Å². The van der Waals surface area contributed by atoms with Crippen LogP contribution in [0, 0.1) is 0 Å². The summed E-state index contributed by atoms with van der Waals surface area (Å²) in [4.78, 5) is 11.2. The van der Waals surface area contributed by atoms with E-state index in [4.69, 9.17) is 11.6 Å². The SMILES string of the molecule is CNC(=O)c1cc(Cl)cc(CBr)c1. The molecule has 13 heavy (non-hydrogen) atoms. The van der Waals surface area contributed by atoms with Crippen molar-refractivity contribution >= 4 is 33.4 Å². The average Bonchev–Trinajstić information content (AvgIpc) is 2.15. The normalized spacial score (nSPS) is 9.77. The first kappa shape index (κ1) is 10.5. The van der Waals surface area contributed by atoms with Crippen molar-refractivity contribution in [2.45, 2.75) is 5.33 Å². The molecule has 0 fully saturated rings. The zero-order valence-corrected chi connectivity index (χ0v) is 9.45. The van der Waals surface area contributed by atoms with Crippen LogP contribution in [0.15, 0.2) is 18.2 Å². The van der Waals surface area contributed by atoms with Crippen LogP contribution in [-0.2, 0) is 5.33 Å². The van der Waals surface area contributed by atoms with Crippen LogP contribution in [0.2, 0.25) is 5.02 Å². The fourth-order valence-corrected chi connectivity index (χ4v) is 1.58. The largest absolute Gasteiger partial charge is 0.355 e. The first-order chi connectivity index (χ1) is 6.17. The molecule has 0 heterocycles. The summed E-state index contributed by atoms with van der Waals surface area (Å²) in [6.07, 6.45) is 0. The van der Waals surface area contributed by atoms with Gasteiger partial charge in [0.1, 0.15) is 0 Å². The van der Waals surface area contributed by atoms with Crippen molar-refractivity contribution in [3.8, 4) is 0 Å². The fourth-order valence-electron chi connectivity index (χ4n) is 1.00. The Kier molecular flexibility index (Phi) is 3.75. The van der Waals surface area contributed by atoms with Crippen LogP contribution >= 0.6 is 27.5 Å². The van der Waals surface area contributed by atoms with Gasteiger partial charge in [0.25, 0.3) is 5.91 Å². The minimum absolute atomic E-state index is 0.121. The number of rotatable bonds is 2. The van der Waals surface area contributed by atoms with Crippen LogP contribution < -0.4 is 5.32 Å². The molecule has 0 aliphatic carbocycles. The number of nitrogens with one attached hydrogen (secondary N) is 1. The molecule has 1 amide bonds. The first-order valence-electron chi connectivity index (χ1n) is 3.75. The summed E-state index contributed by atoms with van der Waals surface area (Å²) in [7, 11) is 1.59. The van der Waals surface area contributed by atoms with Gasteiger partial charge < -0.3 is 5.32 Å². The standard InChI is InChI=1S/C9H9BrClNO/c1-12-9(13)7-2-6(5-10)3-8(11)4-7/h2-4H,5H2,1H3,(H,12,13). The number of carbonyl (C=O) groups excluding carboxylic acids is 1. The summed E-state index contributed by atoms with van der Waals surface area (Å²) in [5.74, 6) is -0.121. The molecule has 1 N–H and O–H groups in total. The van der Waals surface area contributed by atoms with Gasteiger partial charge in [-0.15, -0.1) is 0 Å². The van der Waals surface area contributed by atoms with E-state index in [1.807, 2.05) is 6.07 Å². The van der Waals surface area contributed by atoms with Crippen LogP contribution in [-0.4, -0.2) is 13.0 Å². The lowest BCUT2D eigenvalue weighted by Gasteiger charge is -2.02. The number of amides is 1. The lowest BCUT2D eigenvalue weighted by atomic mass is 10.1. The quantitative estimate of drug-likeness (QED) is 0.816. The predicted octanol–water partition coefficient (Wildman–Crippen LogP) is 2.59. The molecule has 0 spiro atoms. The van der Waals surface area contributed by atoms with E-state index in [0.29, 0.717) is 15.9 Å². The monoisotopic (exact) mass is 261 g/mol. The Balaban J connectivity index is 3.08. The second-order valence-corrected chi connectivity index (χ2v) is 3.56. The molecule has 0 saturated heterocycles. The molecule has 0 bridgehead atoms. The van der Waals surface area contributed by atoms with Crippen molar-refractivity contribution in [2.75, 3.05) is 7.05 Å². The van der Waals surface area contributed by atoms with Gasteiger partial charge >= 0.3 is 0 Å². The van der Waals surface area contributed by atoms with E-state index in [1.54, 1.807) is 19.2 Å². The van der Waals surface area contributed by atoms with Gasteiger partial charge in [0.15, 0.2) is 0 Å². The molecule has 0 aliphatic rings. The van der Waals surface area contributed by atoms with E-state index in [2.05, 4.69) is 21.2 Å². The summed E-state index contributed by atoms with van der Waals surface area (Å²) in [5.41, 5.74) is 1.58. The smallest absolute Gasteiger partial charge is 0.251 e. The molecule has 1 aromatic rings. The molecule has 0 saturated carbocycles. The number of benzene rings is 1. The molecular weight excluding hydrogens is 253 g/mol. The van der Waals surface area contributed by atoms with Gasteiger partial charge in [0.2, 0.25) is 0 Å². The number of hydrogen-bond donors (Lipinski definition) is 1. The fraction of sp³-hybridized carbons (Fsp3) is 0.222. The highest BCUT2D eigenvalue weighted by Gasteiger charge is 2.05. The maximum atomic E-state index is 11.2. The van der Waals surface area contributed by atoms with Crippen molar-refractivity contribution in [3.63, 3.8) is 0 Å². The highest BCUT2D eigenvalue weighted by Crippen LogP contribution is 2.17. The number of halogens is 2. The first-order valence-corrected chi connectivity index (χ1v) is 5.25.